The lowest BCUT2D eigenvalue weighted by atomic mass is 10.1. The molecule has 0 aliphatic carbocycles. The number of aliphatic hydroxyl groups excluding tert-OH is 2. The summed E-state index contributed by atoms with van der Waals surface area (Å²) in [5, 5.41) is 18.5. The predicted molar refractivity (Wildman–Crippen MR) is 124 cm³/mol. The molecule has 30 heavy (non-hydrogen) atoms. The number of aliphatic hydroxyl groups is 2. The van der Waals surface area contributed by atoms with E-state index in [1.807, 2.05) is 0 Å². The number of ether oxygens (including phenoxy) is 2. The maximum absolute atomic E-state index is 11.5. The van der Waals surface area contributed by atoms with Gasteiger partial charge in [0.1, 0.15) is 6.10 Å². The summed E-state index contributed by atoms with van der Waals surface area (Å²) >= 11 is 0. The lowest BCUT2D eigenvalue weighted by Gasteiger charge is -2.18. The Kier molecular flexibility index (Phi) is 22.1. The zero-order valence-corrected chi connectivity index (χ0v) is 19.7. The van der Waals surface area contributed by atoms with Crippen molar-refractivity contribution >= 4 is 5.97 Å². The molecule has 2 atom stereocenters. The van der Waals surface area contributed by atoms with Gasteiger partial charge in [-0.3, -0.25) is 4.79 Å². The van der Waals surface area contributed by atoms with Gasteiger partial charge in [0.25, 0.3) is 0 Å². The maximum atomic E-state index is 11.5. The molecule has 1 unspecified atom stereocenters. The van der Waals surface area contributed by atoms with Gasteiger partial charge in [-0.15, -0.1) is 0 Å². The molecule has 0 aromatic heterocycles. The number of unbranched alkanes of at least 4 members (excludes halogenated alkanes) is 9. The van der Waals surface area contributed by atoms with Gasteiger partial charge in [-0.05, 0) is 38.5 Å². The van der Waals surface area contributed by atoms with E-state index in [-0.39, 0.29) is 25.3 Å². The molecule has 0 heterocycles. The Labute approximate surface area is 185 Å². The second kappa shape index (κ2) is 22.8. The SMILES string of the molecule is CCCCCC[C@H](C/C=C\CCCCCCCC(=O)OCCCC)OCC(O)CO. The van der Waals surface area contributed by atoms with Crippen LogP contribution in [-0.4, -0.2) is 48.2 Å². The van der Waals surface area contributed by atoms with Crippen molar-refractivity contribution in [2.24, 2.45) is 0 Å². The van der Waals surface area contributed by atoms with Crippen LogP contribution in [0.3, 0.4) is 0 Å². The summed E-state index contributed by atoms with van der Waals surface area (Å²) in [6.07, 6.45) is 19.6. The molecule has 0 saturated heterocycles. The standard InChI is InChI=1S/C25H48O5/c1-3-5-7-14-17-24(30-22-23(27)21-26)18-15-12-10-8-9-11-13-16-19-25(28)29-20-6-4-2/h12,15,23-24,26-27H,3-11,13-14,16-22H2,1-2H3/b15-12-/t23?,24-/m1/s1. The third-order valence-corrected chi connectivity index (χ3v) is 5.19. The van der Waals surface area contributed by atoms with Crippen LogP contribution in [0.5, 0.6) is 0 Å². The lowest BCUT2D eigenvalue weighted by Crippen LogP contribution is -2.24. The second-order valence-electron chi connectivity index (χ2n) is 8.23. The van der Waals surface area contributed by atoms with Crippen molar-refractivity contribution in [3.05, 3.63) is 12.2 Å². The molecule has 0 amide bonds. The van der Waals surface area contributed by atoms with E-state index in [0.717, 1.165) is 57.8 Å². The fourth-order valence-electron chi connectivity index (χ4n) is 3.20. The molecule has 0 bridgehead atoms. The van der Waals surface area contributed by atoms with Gasteiger partial charge in [0.2, 0.25) is 0 Å². The van der Waals surface area contributed by atoms with Crippen LogP contribution < -0.4 is 0 Å². The number of hydrogen-bond acceptors (Lipinski definition) is 5. The van der Waals surface area contributed by atoms with Crippen LogP contribution in [0.15, 0.2) is 12.2 Å². The van der Waals surface area contributed by atoms with E-state index in [9.17, 15) is 9.90 Å². The summed E-state index contributed by atoms with van der Waals surface area (Å²) in [5.41, 5.74) is 0. The molecule has 0 radical (unpaired) electrons. The van der Waals surface area contributed by atoms with Crippen molar-refractivity contribution in [1.29, 1.82) is 0 Å². The quantitative estimate of drug-likeness (QED) is 0.131. The van der Waals surface area contributed by atoms with Crippen molar-refractivity contribution in [3.63, 3.8) is 0 Å². The first-order valence-electron chi connectivity index (χ1n) is 12.3. The van der Waals surface area contributed by atoms with Crippen LogP contribution in [0, 0.1) is 0 Å². The molecular weight excluding hydrogens is 380 g/mol. The van der Waals surface area contributed by atoms with E-state index < -0.39 is 6.10 Å². The second-order valence-corrected chi connectivity index (χ2v) is 8.23. The summed E-state index contributed by atoms with van der Waals surface area (Å²) in [7, 11) is 0. The highest BCUT2D eigenvalue weighted by atomic mass is 16.5. The molecule has 0 rings (SSSR count). The average molecular weight is 429 g/mol. The number of carbonyl (C=O) groups excluding carboxylic acids is 1. The summed E-state index contributed by atoms with van der Waals surface area (Å²) in [6, 6.07) is 0. The minimum absolute atomic E-state index is 0.0515. The molecule has 2 N–H and O–H groups in total. The molecular formula is C25H48O5. The fraction of sp³-hybridized carbons (Fsp3) is 0.880. The third-order valence-electron chi connectivity index (χ3n) is 5.19. The molecule has 0 aliphatic heterocycles. The van der Waals surface area contributed by atoms with Crippen LogP contribution in [0.25, 0.3) is 0 Å². The summed E-state index contributed by atoms with van der Waals surface area (Å²) in [6.45, 7) is 4.81. The molecule has 5 nitrogen and oxygen atoms in total. The van der Waals surface area contributed by atoms with Crippen molar-refractivity contribution in [3.8, 4) is 0 Å². The number of hydrogen-bond donors (Lipinski definition) is 2. The zero-order chi connectivity index (χ0) is 22.3. The van der Waals surface area contributed by atoms with Crippen LogP contribution in [0.1, 0.15) is 110 Å². The smallest absolute Gasteiger partial charge is 0.305 e. The van der Waals surface area contributed by atoms with Gasteiger partial charge in [0.15, 0.2) is 0 Å². The summed E-state index contributed by atoms with van der Waals surface area (Å²) in [4.78, 5) is 11.5. The highest BCUT2D eigenvalue weighted by molar-refractivity contribution is 5.69. The Hall–Kier alpha value is -0.910. The first-order valence-corrected chi connectivity index (χ1v) is 12.3. The first kappa shape index (κ1) is 29.1. The van der Waals surface area contributed by atoms with Crippen LogP contribution >= 0.6 is 0 Å². The van der Waals surface area contributed by atoms with Gasteiger partial charge in [-0.25, -0.2) is 0 Å². The van der Waals surface area contributed by atoms with Crippen molar-refractivity contribution in [1.82, 2.24) is 0 Å². The first-order chi connectivity index (χ1) is 14.6. The number of allylic oxidation sites excluding steroid dienone is 1. The highest BCUT2D eigenvalue weighted by Gasteiger charge is 2.10. The molecule has 178 valence electrons. The van der Waals surface area contributed by atoms with Gasteiger partial charge in [0.05, 0.1) is 25.9 Å². The topological polar surface area (TPSA) is 76.0 Å². The van der Waals surface area contributed by atoms with E-state index in [1.165, 1.54) is 32.1 Å². The Balaban J connectivity index is 3.76. The van der Waals surface area contributed by atoms with Gasteiger partial charge in [0, 0.05) is 6.42 Å². The Bertz CT molecular complexity index is 397. The van der Waals surface area contributed by atoms with E-state index in [2.05, 4.69) is 26.0 Å². The predicted octanol–water partition coefficient (Wildman–Crippen LogP) is 5.72. The zero-order valence-electron chi connectivity index (χ0n) is 19.7. The summed E-state index contributed by atoms with van der Waals surface area (Å²) in [5.74, 6) is -0.0515. The van der Waals surface area contributed by atoms with Gasteiger partial charge in [-0.1, -0.05) is 77.4 Å². The maximum Gasteiger partial charge on any atom is 0.305 e. The molecule has 5 heteroatoms. The van der Waals surface area contributed by atoms with Crippen molar-refractivity contribution < 1.29 is 24.5 Å². The largest absolute Gasteiger partial charge is 0.466 e. The minimum atomic E-state index is -0.787. The van der Waals surface area contributed by atoms with Gasteiger partial charge >= 0.3 is 5.97 Å². The lowest BCUT2D eigenvalue weighted by molar-refractivity contribution is -0.143. The Morgan fingerprint density at radius 1 is 0.900 bits per heavy atom. The molecule has 0 saturated carbocycles. The van der Waals surface area contributed by atoms with Crippen LogP contribution in [0.2, 0.25) is 0 Å². The molecule has 0 spiro atoms. The summed E-state index contributed by atoms with van der Waals surface area (Å²) < 4.78 is 11.0. The number of rotatable bonds is 22. The van der Waals surface area contributed by atoms with E-state index in [4.69, 9.17) is 14.6 Å². The van der Waals surface area contributed by atoms with Gasteiger partial charge < -0.3 is 19.7 Å². The van der Waals surface area contributed by atoms with Gasteiger partial charge in [-0.2, -0.15) is 0 Å². The minimum Gasteiger partial charge on any atom is -0.466 e. The normalized spacial score (nSPS) is 13.6. The van der Waals surface area contributed by atoms with E-state index in [0.29, 0.717) is 13.0 Å². The van der Waals surface area contributed by atoms with Crippen LogP contribution in [-0.2, 0) is 14.3 Å². The molecule has 0 aromatic carbocycles. The number of esters is 1. The van der Waals surface area contributed by atoms with Crippen LogP contribution in [0.4, 0.5) is 0 Å². The average Bonchev–Trinajstić information content (AvgIpc) is 2.75. The molecule has 0 fully saturated rings. The molecule has 0 aromatic rings. The van der Waals surface area contributed by atoms with E-state index >= 15 is 0 Å². The highest BCUT2D eigenvalue weighted by Crippen LogP contribution is 2.14. The number of carbonyl (C=O) groups is 1. The monoisotopic (exact) mass is 428 g/mol. The van der Waals surface area contributed by atoms with E-state index in [1.54, 1.807) is 0 Å². The van der Waals surface area contributed by atoms with Crippen molar-refractivity contribution in [2.45, 2.75) is 122 Å². The Morgan fingerprint density at radius 3 is 2.33 bits per heavy atom. The fourth-order valence-corrected chi connectivity index (χ4v) is 3.20. The van der Waals surface area contributed by atoms with Crippen molar-refractivity contribution in [2.75, 3.05) is 19.8 Å². The third kappa shape index (κ3) is 20.4. The Morgan fingerprint density at radius 2 is 1.60 bits per heavy atom. The molecule has 0 aliphatic rings.